The maximum Gasteiger partial charge on any atom is 0.195 e. The standard InChI is InChI=1S/C42H39FN2O4.C2H6/c1-44-39-24-37(49-29-31-10-6-3-7-11-31)20-21-38(39)40(41(44)33-12-16-36(17-13-33)48-28-30-8-4-2-5-9-30)42(46)34-14-18-35(19-15-34)47-23-22-45-26-32(25-43)27-45;1-2/h2-21,24,32H,22-23,25-29H2,1H3;1-2H3. The zero-order valence-electron chi connectivity index (χ0n) is 29.6. The minimum atomic E-state index is -0.261. The van der Waals surface area contributed by atoms with E-state index < -0.39 is 0 Å². The summed E-state index contributed by atoms with van der Waals surface area (Å²) in [5.74, 6) is 2.26. The number of aromatic nitrogens is 1. The van der Waals surface area contributed by atoms with Crippen molar-refractivity contribution in [2.75, 3.05) is 32.9 Å². The Bertz CT molecular complexity index is 2000. The van der Waals surface area contributed by atoms with Gasteiger partial charge in [0.25, 0.3) is 0 Å². The average molecular weight is 685 g/mol. The summed E-state index contributed by atoms with van der Waals surface area (Å²) in [6.45, 7) is 7.49. The first-order valence-corrected chi connectivity index (χ1v) is 17.7. The van der Waals surface area contributed by atoms with Crippen molar-refractivity contribution < 1.29 is 23.4 Å². The van der Waals surface area contributed by atoms with Gasteiger partial charge >= 0.3 is 0 Å². The largest absolute Gasteiger partial charge is 0.492 e. The summed E-state index contributed by atoms with van der Waals surface area (Å²) < 4.78 is 33.0. The van der Waals surface area contributed by atoms with E-state index in [9.17, 15) is 9.18 Å². The lowest BCUT2D eigenvalue weighted by atomic mass is 9.97. The lowest BCUT2D eigenvalue weighted by Gasteiger charge is -2.37. The molecule has 0 radical (unpaired) electrons. The van der Waals surface area contributed by atoms with E-state index >= 15 is 0 Å². The molecule has 0 amide bonds. The molecular weight excluding hydrogens is 639 g/mol. The molecular formula is C44H45FN2O4. The summed E-state index contributed by atoms with van der Waals surface area (Å²) >= 11 is 0. The van der Waals surface area contributed by atoms with E-state index in [0.29, 0.717) is 36.7 Å². The fourth-order valence-corrected chi connectivity index (χ4v) is 6.36. The van der Waals surface area contributed by atoms with Gasteiger partial charge in [-0.2, -0.15) is 0 Å². The van der Waals surface area contributed by atoms with Crippen molar-refractivity contribution >= 4 is 16.7 Å². The molecule has 1 aromatic heterocycles. The zero-order chi connectivity index (χ0) is 35.6. The zero-order valence-corrected chi connectivity index (χ0v) is 29.6. The van der Waals surface area contributed by atoms with Crippen LogP contribution >= 0.6 is 0 Å². The molecule has 2 heterocycles. The molecule has 5 aromatic carbocycles. The summed E-state index contributed by atoms with van der Waals surface area (Å²) in [6, 6.07) is 41.2. The molecule has 0 bridgehead atoms. The Morgan fingerprint density at radius 2 is 1.25 bits per heavy atom. The van der Waals surface area contributed by atoms with Crippen LogP contribution in [0.2, 0.25) is 0 Å². The van der Waals surface area contributed by atoms with Gasteiger partial charge in [-0.05, 0) is 77.4 Å². The van der Waals surface area contributed by atoms with Crippen molar-refractivity contribution in [3.63, 3.8) is 0 Å². The minimum absolute atomic E-state index is 0.0765. The van der Waals surface area contributed by atoms with Gasteiger partial charge in [0.05, 0.1) is 23.4 Å². The number of carbonyl (C=O) groups is 1. The van der Waals surface area contributed by atoms with E-state index in [1.165, 1.54) is 0 Å². The summed E-state index contributed by atoms with van der Waals surface area (Å²) in [4.78, 5) is 16.5. The van der Waals surface area contributed by atoms with Gasteiger partial charge in [-0.3, -0.25) is 14.1 Å². The Hall–Kier alpha value is -5.40. The van der Waals surface area contributed by atoms with Gasteiger partial charge in [0, 0.05) is 49.6 Å². The van der Waals surface area contributed by atoms with Gasteiger partial charge in [-0.1, -0.05) is 74.5 Å². The van der Waals surface area contributed by atoms with Crippen LogP contribution in [0.5, 0.6) is 17.2 Å². The van der Waals surface area contributed by atoms with E-state index in [0.717, 1.165) is 64.4 Å². The third-order valence-corrected chi connectivity index (χ3v) is 9.07. The third-order valence-electron chi connectivity index (χ3n) is 9.07. The van der Waals surface area contributed by atoms with Crippen LogP contribution in [0, 0.1) is 5.92 Å². The number of hydrogen-bond acceptors (Lipinski definition) is 5. The van der Waals surface area contributed by atoms with Gasteiger partial charge in [0.15, 0.2) is 5.78 Å². The highest BCUT2D eigenvalue weighted by molar-refractivity contribution is 6.20. The first-order valence-electron chi connectivity index (χ1n) is 17.7. The molecule has 0 unspecified atom stereocenters. The number of ketones is 1. The molecule has 1 fully saturated rings. The molecule has 0 N–H and O–H groups in total. The van der Waals surface area contributed by atoms with Gasteiger partial charge in [0.2, 0.25) is 0 Å². The molecule has 51 heavy (non-hydrogen) atoms. The minimum Gasteiger partial charge on any atom is -0.492 e. The number of nitrogens with zero attached hydrogens (tertiary/aromatic N) is 2. The van der Waals surface area contributed by atoms with Crippen molar-refractivity contribution in [1.82, 2.24) is 9.47 Å². The number of likely N-dealkylation sites (tertiary alicyclic amines) is 1. The molecule has 6 aromatic rings. The number of hydrogen-bond donors (Lipinski definition) is 0. The second kappa shape index (κ2) is 17.0. The molecule has 0 spiro atoms. The fourth-order valence-electron chi connectivity index (χ4n) is 6.36. The number of aryl methyl sites for hydroxylation is 1. The molecule has 0 saturated carbocycles. The molecule has 262 valence electrons. The molecule has 1 aliphatic heterocycles. The highest BCUT2D eigenvalue weighted by Gasteiger charge is 2.26. The Balaban J connectivity index is 0.00000220. The van der Waals surface area contributed by atoms with Crippen molar-refractivity contribution in [2.45, 2.75) is 27.1 Å². The smallest absolute Gasteiger partial charge is 0.195 e. The van der Waals surface area contributed by atoms with Gasteiger partial charge < -0.3 is 18.8 Å². The first-order chi connectivity index (χ1) is 25.1. The van der Waals surface area contributed by atoms with Crippen molar-refractivity contribution in [3.05, 3.63) is 150 Å². The molecule has 1 saturated heterocycles. The summed E-state index contributed by atoms with van der Waals surface area (Å²) in [7, 11) is 1.99. The molecule has 7 heteroatoms. The summed E-state index contributed by atoms with van der Waals surface area (Å²) in [6.07, 6.45) is 0. The predicted octanol–water partition coefficient (Wildman–Crippen LogP) is 9.54. The van der Waals surface area contributed by atoms with Crippen LogP contribution in [-0.4, -0.2) is 48.2 Å². The van der Waals surface area contributed by atoms with E-state index in [1.54, 1.807) is 0 Å². The lowest BCUT2D eigenvalue weighted by molar-refractivity contribution is 0.0668. The van der Waals surface area contributed by atoms with Crippen molar-refractivity contribution in [1.29, 1.82) is 0 Å². The van der Waals surface area contributed by atoms with Crippen LogP contribution < -0.4 is 14.2 Å². The molecule has 0 aliphatic carbocycles. The Kier molecular flexibility index (Phi) is 11.8. The van der Waals surface area contributed by atoms with Crippen LogP contribution in [-0.2, 0) is 20.3 Å². The Morgan fingerprint density at radius 1 is 0.706 bits per heavy atom. The van der Waals surface area contributed by atoms with Gasteiger partial charge in [0.1, 0.15) is 37.1 Å². The van der Waals surface area contributed by atoms with Crippen molar-refractivity contribution in [3.8, 4) is 28.5 Å². The predicted molar refractivity (Wildman–Crippen MR) is 203 cm³/mol. The summed E-state index contributed by atoms with van der Waals surface area (Å²) in [5.41, 5.74) is 5.99. The van der Waals surface area contributed by atoms with Crippen LogP contribution in [0.3, 0.4) is 0 Å². The van der Waals surface area contributed by atoms with Crippen LogP contribution in [0.25, 0.3) is 22.2 Å². The van der Waals surface area contributed by atoms with Gasteiger partial charge in [-0.25, -0.2) is 0 Å². The molecule has 6 nitrogen and oxygen atoms in total. The van der Waals surface area contributed by atoms with Crippen LogP contribution in [0.15, 0.2) is 127 Å². The number of alkyl halides is 1. The number of ether oxygens (including phenoxy) is 3. The fraction of sp³-hybridized carbons (Fsp3) is 0.250. The number of benzene rings is 5. The van der Waals surface area contributed by atoms with Gasteiger partial charge in [-0.15, -0.1) is 0 Å². The second-order valence-corrected chi connectivity index (χ2v) is 12.5. The van der Waals surface area contributed by atoms with E-state index in [1.807, 2.05) is 148 Å². The lowest BCUT2D eigenvalue weighted by Crippen LogP contribution is -2.49. The number of rotatable bonds is 14. The maximum atomic E-state index is 14.4. The Morgan fingerprint density at radius 3 is 1.86 bits per heavy atom. The molecule has 1 aliphatic rings. The Labute approximate surface area is 300 Å². The van der Waals surface area contributed by atoms with Crippen molar-refractivity contribution in [2.24, 2.45) is 13.0 Å². The van der Waals surface area contributed by atoms with E-state index in [2.05, 4.69) is 9.47 Å². The highest BCUT2D eigenvalue weighted by atomic mass is 19.1. The first kappa shape index (κ1) is 35.4. The van der Waals surface area contributed by atoms with E-state index in [4.69, 9.17) is 14.2 Å². The number of halogens is 1. The SMILES string of the molecule is CC.Cn1c(-c2ccc(OCc3ccccc3)cc2)c(C(=O)c2ccc(OCCN3CC(CF)C3)cc2)c2ccc(OCc3ccccc3)cc21. The average Bonchev–Trinajstić information content (AvgIpc) is 3.47. The molecule has 7 rings (SSSR count). The summed E-state index contributed by atoms with van der Waals surface area (Å²) in [5, 5.41) is 0.848. The van der Waals surface area contributed by atoms with Crippen LogP contribution in [0.1, 0.15) is 40.9 Å². The monoisotopic (exact) mass is 684 g/mol. The maximum absolute atomic E-state index is 14.4. The molecule has 0 atom stereocenters. The number of fused-ring (bicyclic) bond motifs is 1. The quantitative estimate of drug-likeness (QED) is 0.107. The topological polar surface area (TPSA) is 52.9 Å². The third kappa shape index (κ3) is 8.50. The van der Waals surface area contributed by atoms with Crippen LogP contribution in [0.4, 0.5) is 4.39 Å². The van der Waals surface area contributed by atoms with E-state index in [-0.39, 0.29) is 18.4 Å². The second-order valence-electron chi connectivity index (χ2n) is 12.5. The normalized spacial score (nSPS) is 12.9. The number of carbonyl (C=O) groups excluding carboxylic acids is 1. The highest BCUT2D eigenvalue weighted by Crippen LogP contribution is 2.37.